The van der Waals surface area contributed by atoms with Crippen LogP contribution in [-0.4, -0.2) is 67.5 Å². The monoisotopic (exact) mass is 403 g/mol. The maximum atomic E-state index is 4.73. The molecule has 0 bridgehead atoms. The standard InChI is InChI=1S/C23H29N7/c1-15(2)30-16(3)27-21-13-24-20(10-22(21)30)19-12-26-23-18(19)9-17(11-25-23)14-29-7-5-28(4)6-8-29/h9-13,15H,5-8,14H2,1-4H3,(H,25,26). The molecule has 4 aromatic heterocycles. The molecule has 0 aliphatic carbocycles. The summed E-state index contributed by atoms with van der Waals surface area (Å²) in [5.41, 5.74) is 6.27. The molecule has 5 rings (SSSR count). The van der Waals surface area contributed by atoms with Gasteiger partial charge < -0.3 is 14.5 Å². The number of aryl methyl sites for hydroxylation is 1. The number of hydrogen-bond donors (Lipinski definition) is 1. The third-order valence-electron chi connectivity index (χ3n) is 6.13. The Morgan fingerprint density at radius 1 is 1.07 bits per heavy atom. The number of rotatable bonds is 4. The Morgan fingerprint density at radius 2 is 1.87 bits per heavy atom. The van der Waals surface area contributed by atoms with Crippen molar-refractivity contribution in [3.05, 3.63) is 42.1 Å². The number of hydrogen-bond acceptors (Lipinski definition) is 5. The van der Waals surface area contributed by atoms with Gasteiger partial charge in [-0.2, -0.15) is 0 Å². The number of pyridine rings is 2. The molecule has 0 unspecified atom stereocenters. The van der Waals surface area contributed by atoms with Gasteiger partial charge in [0.05, 0.1) is 17.4 Å². The summed E-state index contributed by atoms with van der Waals surface area (Å²) < 4.78 is 2.27. The Hall–Kier alpha value is -2.77. The summed E-state index contributed by atoms with van der Waals surface area (Å²) in [4.78, 5) is 22.3. The van der Waals surface area contributed by atoms with E-state index < -0.39 is 0 Å². The predicted octanol–water partition coefficient (Wildman–Crippen LogP) is 3.61. The van der Waals surface area contributed by atoms with Gasteiger partial charge in [-0.15, -0.1) is 0 Å². The second-order valence-corrected chi connectivity index (χ2v) is 8.70. The molecule has 0 radical (unpaired) electrons. The zero-order chi connectivity index (χ0) is 20.8. The van der Waals surface area contributed by atoms with Gasteiger partial charge in [0.25, 0.3) is 0 Å². The summed E-state index contributed by atoms with van der Waals surface area (Å²) >= 11 is 0. The van der Waals surface area contributed by atoms with E-state index in [-0.39, 0.29) is 0 Å². The first-order valence-electron chi connectivity index (χ1n) is 10.7. The van der Waals surface area contributed by atoms with E-state index in [1.54, 1.807) is 0 Å². The molecule has 0 spiro atoms. The molecule has 1 saturated heterocycles. The molecule has 1 N–H and O–H groups in total. The average Bonchev–Trinajstić information content (AvgIpc) is 3.28. The lowest BCUT2D eigenvalue weighted by atomic mass is 10.1. The quantitative estimate of drug-likeness (QED) is 0.564. The van der Waals surface area contributed by atoms with Crippen LogP contribution < -0.4 is 0 Å². The molecule has 1 aliphatic heterocycles. The molecule has 0 atom stereocenters. The summed E-state index contributed by atoms with van der Waals surface area (Å²) in [6, 6.07) is 4.78. The Labute approximate surface area is 176 Å². The molecule has 4 aromatic rings. The number of H-pyrrole nitrogens is 1. The van der Waals surface area contributed by atoms with E-state index in [0.717, 1.165) is 71.9 Å². The van der Waals surface area contributed by atoms with Crippen LogP contribution in [0.5, 0.6) is 0 Å². The minimum atomic E-state index is 0.352. The first-order valence-corrected chi connectivity index (χ1v) is 10.7. The van der Waals surface area contributed by atoms with Crippen molar-refractivity contribution in [3.63, 3.8) is 0 Å². The van der Waals surface area contributed by atoms with E-state index in [4.69, 9.17) is 4.98 Å². The zero-order valence-corrected chi connectivity index (χ0v) is 18.2. The van der Waals surface area contributed by atoms with Crippen molar-refractivity contribution in [2.75, 3.05) is 33.2 Å². The topological polar surface area (TPSA) is 65.9 Å². The highest BCUT2D eigenvalue weighted by Crippen LogP contribution is 2.30. The minimum Gasteiger partial charge on any atom is -0.345 e. The van der Waals surface area contributed by atoms with Crippen LogP contribution in [0.2, 0.25) is 0 Å². The molecule has 0 aromatic carbocycles. The minimum absolute atomic E-state index is 0.352. The number of fused-ring (bicyclic) bond motifs is 2. The fourth-order valence-corrected chi connectivity index (χ4v) is 4.53. The van der Waals surface area contributed by atoms with Crippen molar-refractivity contribution in [2.45, 2.75) is 33.4 Å². The Kier molecular flexibility index (Phi) is 4.79. The predicted molar refractivity (Wildman–Crippen MR) is 121 cm³/mol. The van der Waals surface area contributed by atoms with E-state index in [2.05, 4.69) is 69.3 Å². The van der Waals surface area contributed by atoms with E-state index in [9.17, 15) is 0 Å². The highest BCUT2D eigenvalue weighted by atomic mass is 15.2. The number of nitrogens with one attached hydrogen (secondary N) is 1. The highest BCUT2D eigenvalue weighted by molar-refractivity contribution is 5.94. The SMILES string of the molecule is Cc1nc2cnc(-c3c[nH]c4ncc(CN5CCN(C)CC5)cc34)cc2n1C(C)C. The van der Waals surface area contributed by atoms with Crippen LogP contribution in [0.4, 0.5) is 0 Å². The van der Waals surface area contributed by atoms with Crippen molar-refractivity contribution >= 4 is 22.1 Å². The van der Waals surface area contributed by atoms with Crippen molar-refractivity contribution in [3.8, 4) is 11.3 Å². The van der Waals surface area contributed by atoms with Gasteiger partial charge in [-0.3, -0.25) is 9.88 Å². The number of nitrogens with zero attached hydrogens (tertiary/aromatic N) is 6. The van der Waals surface area contributed by atoms with Crippen LogP contribution in [0.25, 0.3) is 33.3 Å². The first kappa shape index (κ1) is 19.2. The Morgan fingerprint density at radius 3 is 2.63 bits per heavy atom. The van der Waals surface area contributed by atoms with Crippen LogP contribution in [0.15, 0.2) is 30.7 Å². The van der Waals surface area contributed by atoms with E-state index >= 15 is 0 Å². The molecule has 7 heteroatoms. The summed E-state index contributed by atoms with van der Waals surface area (Å²) in [6.45, 7) is 11.8. The zero-order valence-electron chi connectivity index (χ0n) is 18.2. The fraction of sp³-hybridized carbons (Fsp3) is 0.435. The molecule has 0 saturated carbocycles. The molecule has 156 valence electrons. The second-order valence-electron chi connectivity index (χ2n) is 8.70. The molecule has 30 heavy (non-hydrogen) atoms. The normalized spacial score (nSPS) is 16.3. The Bertz CT molecular complexity index is 1200. The van der Waals surface area contributed by atoms with Gasteiger partial charge in [-0.25, -0.2) is 9.97 Å². The average molecular weight is 404 g/mol. The fourth-order valence-electron chi connectivity index (χ4n) is 4.53. The van der Waals surface area contributed by atoms with Gasteiger partial charge in [0.1, 0.15) is 17.0 Å². The molecule has 0 amide bonds. The third-order valence-corrected chi connectivity index (χ3v) is 6.13. The van der Waals surface area contributed by atoms with Gasteiger partial charge >= 0.3 is 0 Å². The molecular weight excluding hydrogens is 374 g/mol. The highest BCUT2D eigenvalue weighted by Gasteiger charge is 2.17. The van der Waals surface area contributed by atoms with Crippen LogP contribution in [-0.2, 0) is 6.54 Å². The number of likely N-dealkylation sites (N-methyl/N-ethyl adjacent to an activating group) is 1. The summed E-state index contributed by atoms with van der Waals surface area (Å²) in [6.07, 6.45) is 5.90. The maximum absolute atomic E-state index is 4.73. The third kappa shape index (κ3) is 3.38. The van der Waals surface area contributed by atoms with Crippen molar-refractivity contribution in [2.24, 2.45) is 0 Å². The smallest absolute Gasteiger partial charge is 0.137 e. The number of piperazine rings is 1. The lowest BCUT2D eigenvalue weighted by Crippen LogP contribution is -2.43. The van der Waals surface area contributed by atoms with E-state index in [0.29, 0.717) is 6.04 Å². The second kappa shape index (κ2) is 7.49. The lowest BCUT2D eigenvalue weighted by molar-refractivity contribution is 0.148. The Balaban J connectivity index is 1.52. The van der Waals surface area contributed by atoms with Gasteiger partial charge in [-0.1, -0.05) is 0 Å². The van der Waals surface area contributed by atoms with Gasteiger partial charge in [0.2, 0.25) is 0 Å². The molecular formula is C23H29N7. The number of aromatic nitrogens is 5. The van der Waals surface area contributed by atoms with Gasteiger partial charge in [-0.05, 0) is 45.5 Å². The summed E-state index contributed by atoms with van der Waals surface area (Å²) in [5.74, 6) is 1.02. The number of imidazole rings is 1. The van der Waals surface area contributed by atoms with E-state index in [1.807, 2.05) is 18.6 Å². The molecule has 1 aliphatic rings. The molecule has 1 fully saturated rings. The van der Waals surface area contributed by atoms with E-state index in [1.165, 1.54) is 5.56 Å². The largest absolute Gasteiger partial charge is 0.345 e. The molecule has 5 heterocycles. The summed E-state index contributed by atoms with van der Waals surface area (Å²) in [7, 11) is 2.19. The van der Waals surface area contributed by atoms with Crippen LogP contribution >= 0.6 is 0 Å². The van der Waals surface area contributed by atoms with Crippen molar-refractivity contribution in [1.82, 2.24) is 34.3 Å². The van der Waals surface area contributed by atoms with Gasteiger partial charge in [0, 0.05) is 62.1 Å². The van der Waals surface area contributed by atoms with Crippen LogP contribution in [0, 0.1) is 6.92 Å². The van der Waals surface area contributed by atoms with Crippen molar-refractivity contribution in [1.29, 1.82) is 0 Å². The first-order chi connectivity index (χ1) is 14.5. The van der Waals surface area contributed by atoms with Gasteiger partial charge in [0.15, 0.2) is 0 Å². The lowest BCUT2D eigenvalue weighted by Gasteiger charge is -2.32. The van der Waals surface area contributed by atoms with Crippen molar-refractivity contribution < 1.29 is 0 Å². The summed E-state index contributed by atoms with van der Waals surface area (Å²) in [5, 5.41) is 1.13. The maximum Gasteiger partial charge on any atom is 0.137 e. The van der Waals surface area contributed by atoms with Crippen LogP contribution in [0.3, 0.4) is 0 Å². The van der Waals surface area contributed by atoms with Crippen LogP contribution in [0.1, 0.15) is 31.3 Å². The number of aromatic amines is 1. The molecule has 7 nitrogen and oxygen atoms in total.